The van der Waals surface area contributed by atoms with Gasteiger partial charge < -0.3 is 10.0 Å². The summed E-state index contributed by atoms with van der Waals surface area (Å²) < 4.78 is 0. The Morgan fingerprint density at radius 2 is 2.14 bits per heavy atom. The van der Waals surface area contributed by atoms with E-state index in [1.165, 1.54) is 12.8 Å². The summed E-state index contributed by atoms with van der Waals surface area (Å²) in [6.45, 7) is 6.71. The smallest absolute Gasteiger partial charge is 0.255 e. The highest BCUT2D eigenvalue weighted by atomic mass is 16.2. The topological polar surface area (TPSA) is 40.5 Å². The van der Waals surface area contributed by atoms with Gasteiger partial charge >= 0.3 is 0 Å². The van der Waals surface area contributed by atoms with Gasteiger partial charge in [0, 0.05) is 18.2 Å². The van der Waals surface area contributed by atoms with Gasteiger partial charge in [-0.05, 0) is 51.7 Å². The zero-order valence-corrected chi connectivity index (χ0v) is 13.0. The third-order valence-corrected chi connectivity index (χ3v) is 3.74. The number of hydrogen-bond donors (Lipinski definition) is 1. The molecule has 1 saturated carbocycles. The molecule has 112 valence electrons. The summed E-state index contributed by atoms with van der Waals surface area (Å²) in [7, 11) is 0. The Labute approximate surface area is 127 Å². The van der Waals surface area contributed by atoms with Gasteiger partial charge in [-0.2, -0.15) is 0 Å². The highest BCUT2D eigenvalue weighted by molar-refractivity contribution is 5.97. The lowest BCUT2D eigenvalue weighted by atomic mass is 10.0. The van der Waals surface area contributed by atoms with Crippen molar-refractivity contribution in [3.05, 3.63) is 34.9 Å². The fourth-order valence-corrected chi connectivity index (χ4v) is 2.34. The molecule has 1 amide bonds. The largest absolute Gasteiger partial charge is 0.384 e. The number of hydrogen-bond acceptors (Lipinski definition) is 2. The maximum Gasteiger partial charge on any atom is 0.255 e. The molecule has 0 spiro atoms. The van der Waals surface area contributed by atoms with Crippen LogP contribution >= 0.6 is 0 Å². The number of rotatable bonds is 4. The van der Waals surface area contributed by atoms with E-state index in [4.69, 9.17) is 5.11 Å². The van der Waals surface area contributed by atoms with Gasteiger partial charge in [0.1, 0.15) is 6.61 Å². The Bertz CT molecular complexity index is 577. The second-order valence-electron chi connectivity index (χ2n) is 6.00. The average molecular weight is 285 g/mol. The summed E-state index contributed by atoms with van der Waals surface area (Å²) in [5, 5.41) is 8.87. The van der Waals surface area contributed by atoms with Crippen molar-refractivity contribution in [2.24, 2.45) is 5.92 Å². The van der Waals surface area contributed by atoms with Gasteiger partial charge in [-0.1, -0.05) is 23.5 Å². The molecule has 0 bridgehead atoms. The molecule has 1 aliphatic carbocycles. The number of benzene rings is 1. The normalized spacial score (nSPS) is 13.8. The van der Waals surface area contributed by atoms with Crippen LogP contribution in [0.5, 0.6) is 0 Å². The minimum atomic E-state index is -0.197. The second-order valence-corrected chi connectivity index (χ2v) is 6.00. The fraction of sp³-hybridized carbons (Fsp3) is 0.500. The summed E-state index contributed by atoms with van der Waals surface area (Å²) in [4.78, 5) is 14.8. The van der Waals surface area contributed by atoms with Crippen LogP contribution < -0.4 is 0 Å². The lowest BCUT2D eigenvalue weighted by Gasteiger charge is -2.27. The quantitative estimate of drug-likeness (QED) is 0.864. The van der Waals surface area contributed by atoms with E-state index in [-0.39, 0.29) is 18.6 Å². The van der Waals surface area contributed by atoms with Gasteiger partial charge in [-0.3, -0.25) is 4.79 Å². The maximum atomic E-state index is 12.9. The molecule has 0 heterocycles. The monoisotopic (exact) mass is 285 g/mol. The van der Waals surface area contributed by atoms with Crippen molar-refractivity contribution in [3.63, 3.8) is 0 Å². The van der Waals surface area contributed by atoms with Crippen LogP contribution in [0.3, 0.4) is 0 Å². The Morgan fingerprint density at radius 1 is 1.43 bits per heavy atom. The van der Waals surface area contributed by atoms with Crippen molar-refractivity contribution in [1.29, 1.82) is 0 Å². The van der Waals surface area contributed by atoms with Crippen molar-refractivity contribution < 1.29 is 9.90 Å². The lowest BCUT2D eigenvalue weighted by Crippen LogP contribution is -2.38. The van der Waals surface area contributed by atoms with Crippen LogP contribution in [0.15, 0.2) is 18.2 Å². The molecule has 1 aromatic rings. The molecule has 3 heteroatoms. The first kappa shape index (κ1) is 15.6. The average Bonchev–Trinajstić information content (AvgIpc) is 3.26. The third kappa shape index (κ3) is 4.09. The first-order chi connectivity index (χ1) is 10.0. The van der Waals surface area contributed by atoms with E-state index in [2.05, 4.69) is 25.7 Å². The first-order valence-electron chi connectivity index (χ1n) is 7.54. The van der Waals surface area contributed by atoms with Crippen molar-refractivity contribution in [2.45, 2.75) is 39.7 Å². The zero-order valence-electron chi connectivity index (χ0n) is 13.0. The summed E-state index contributed by atoms with van der Waals surface area (Å²) in [6.07, 6.45) is 2.45. The summed E-state index contributed by atoms with van der Waals surface area (Å²) >= 11 is 0. The maximum absolute atomic E-state index is 12.9. The Hall–Kier alpha value is -1.79. The molecule has 1 N–H and O–H groups in total. The van der Waals surface area contributed by atoms with E-state index in [1.54, 1.807) is 0 Å². The zero-order chi connectivity index (χ0) is 15.4. The van der Waals surface area contributed by atoms with Gasteiger partial charge in [0.15, 0.2) is 0 Å². The van der Waals surface area contributed by atoms with Gasteiger partial charge in [0.05, 0.1) is 5.56 Å². The SMILES string of the molecule is Cc1ccc(C#CCO)c(C(=O)N(CC2CC2)C(C)C)c1. The van der Waals surface area contributed by atoms with Crippen LogP contribution in [0.1, 0.15) is 48.2 Å². The van der Waals surface area contributed by atoms with Crippen LogP contribution in [-0.4, -0.2) is 35.1 Å². The number of nitrogens with zero attached hydrogens (tertiary/aromatic N) is 1. The molecular weight excluding hydrogens is 262 g/mol. The van der Waals surface area contributed by atoms with Gasteiger partial charge in [0.25, 0.3) is 5.91 Å². The molecule has 2 rings (SSSR count). The molecule has 0 aromatic heterocycles. The Morgan fingerprint density at radius 3 is 2.71 bits per heavy atom. The highest BCUT2D eigenvalue weighted by Gasteiger charge is 2.29. The predicted octanol–water partition coefficient (Wildman–Crippen LogP) is 2.60. The number of aliphatic hydroxyl groups is 1. The summed E-state index contributed by atoms with van der Waals surface area (Å²) in [5.74, 6) is 6.23. The van der Waals surface area contributed by atoms with E-state index >= 15 is 0 Å². The number of carbonyl (C=O) groups excluding carboxylic acids is 1. The van der Waals surface area contributed by atoms with E-state index in [9.17, 15) is 4.79 Å². The van der Waals surface area contributed by atoms with Gasteiger partial charge in [0.2, 0.25) is 0 Å². The molecule has 1 aromatic carbocycles. The fourth-order valence-electron chi connectivity index (χ4n) is 2.34. The predicted molar refractivity (Wildman–Crippen MR) is 84.0 cm³/mol. The molecule has 0 aliphatic heterocycles. The highest BCUT2D eigenvalue weighted by Crippen LogP contribution is 2.31. The van der Waals surface area contributed by atoms with Crippen LogP contribution in [0.2, 0.25) is 0 Å². The van der Waals surface area contributed by atoms with E-state index < -0.39 is 0 Å². The van der Waals surface area contributed by atoms with Crippen LogP contribution in [-0.2, 0) is 0 Å². The third-order valence-electron chi connectivity index (χ3n) is 3.74. The Kier molecular flexibility index (Phi) is 5.03. The standard InChI is InChI=1S/C18H23NO2/c1-13(2)19(12-15-7-8-15)18(21)17-11-14(3)6-9-16(17)5-4-10-20/h6,9,11,13,15,20H,7-8,10,12H2,1-3H3. The molecule has 1 fully saturated rings. The van der Waals surface area contributed by atoms with Gasteiger partial charge in [-0.15, -0.1) is 0 Å². The molecule has 0 atom stereocenters. The van der Waals surface area contributed by atoms with E-state index in [0.717, 1.165) is 12.1 Å². The van der Waals surface area contributed by atoms with Gasteiger partial charge in [-0.25, -0.2) is 0 Å². The molecule has 0 radical (unpaired) electrons. The minimum absolute atomic E-state index is 0.0443. The van der Waals surface area contributed by atoms with Crippen molar-refractivity contribution >= 4 is 5.91 Å². The first-order valence-corrected chi connectivity index (χ1v) is 7.54. The van der Waals surface area contributed by atoms with Crippen LogP contribution in [0.25, 0.3) is 0 Å². The van der Waals surface area contributed by atoms with Crippen LogP contribution in [0, 0.1) is 24.7 Å². The summed E-state index contributed by atoms with van der Waals surface area (Å²) in [6, 6.07) is 5.88. The van der Waals surface area contributed by atoms with Crippen molar-refractivity contribution in [1.82, 2.24) is 4.90 Å². The molecular formula is C18H23NO2. The molecule has 0 saturated heterocycles. The van der Waals surface area contributed by atoms with Crippen molar-refractivity contribution in [3.8, 4) is 11.8 Å². The van der Waals surface area contributed by atoms with Crippen LogP contribution in [0.4, 0.5) is 0 Å². The van der Waals surface area contributed by atoms with E-state index in [0.29, 0.717) is 17.0 Å². The summed E-state index contributed by atoms with van der Waals surface area (Å²) in [5.41, 5.74) is 2.38. The van der Waals surface area contributed by atoms with Crippen molar-refractivity contribution in [2.75, 3.05) is 13.2 Å². The molecule has 1 aliphatic rings. The molecule has 0 unspecified atom stereocenters. The van der Waals surface area contributed by atoms with E-state index in [1.807, 2.05) is 30.0 Å². The number of amides is 1. The molecule has 3 nitrogen and oxygen atoms in total. The lowest BCUT2D eigenvalue weighted by molar-refractivity contribution is 0.0696. The number of aryl methyl sites for hydroxylation is 1. The number of aliphatic hydroxyl groups excluding tert-OH is 1. The minimum Gasteiger partial charge on any atom is -0.384 e. The molecule has 21 heavy (non-hydrogen) atoms. The second kappa shape index (κ2) is 6.78. The Balaban J connectivity index is 2.32. The number of carbonyl (C=O) groups is 1.